The van der Waals surface area contributed by atoms with Gasteiger partial charge in [0.15, 0.2) is 12.4 Å². The van der Waals surface area contributed by atoms with Gasteiger partial charge in [0.1, 0.15) is 0 Å². The number of hydrogen-bond donors (Lipinski definition) is 0. The van der Waals surface area contributed by atoms with Gasteiger partial charge in [0.25, 0.3) is 0 Å². The quantitative estimate of drug-likeness (QED) is 0.311. The highest BCUT2D eigenvalue weighted by atomic mass is 35.5. The van der Waals surface area contributed by atoms with Crippen LogP contribution in [0.3, 0.4) is 0 Å². The van der Waals surface area contributed by atoms with E-state index in [2.05, 4.69) is 11.3 Å². The molecule has 0 N–H and O–H groups in total. The largest absolute Gasteiger partial charge is 1.00 e. The molecule has 13 heavy (non-hydrogen) atoms. The van der Waals surface area contributed by atoms with Crippen LogP contribution in [-0.2, 0) is 16.1 Å². The molecule has 0 saturated heterocycles. The van der Waals surface area contributed by atoms with E-state index in [1.807, 2.05) is 18.2 Å². The van der Waals surface area contributed by atoms with Crippen LogP contribution < -0.4 is 17.0 Å². The van der Waals surface area contributed by atoms with Gasteiger partial charge < -0.3 is 17.1 Å². The number of carbonyl (C=O) groups excluding carboxylic acids is 1. The number of carbonyl (C=O) groups is 1. The van der Waals surface area contributed by atoms with Crippen LogP contribution in [0.25, 0.3) is 0 Å². The predicted octanol–water partition coefficient (Wildman–Crippen LogP) is -2.34. The summed E-state index contributed by atoms with van der Waals surface area (Å²) in [6.07, 6.45) is 4.72. The van der Waals surface area contributed by atoms with Crippen LogP contribution >= 0.6 is 0 Å². The number of rotatable bonds is 3. The second-order valence-electron chi connectivity index (χ2n) is 2.20. The van der Waals surface area contributed by atoms with Crippen molar-refractivity contribution < 1.29 is 26.5 Å². The lowest BCUT2D eigenvalue weighted by Crippen LogP contribution is -3.00. The Morgan fingerprint density at radius 3 is 2.54 bits per heavy atom. The molecule has 1 aromatic rings. The topological polar surface area (TPSA) is 30.2 Å². The van der Waals surface area contributed by atoms with E-state index < -0.39 is 0 Å². The predicted molar refractivity (Wildman–Crippen MR) is 42.9 cm³/mol. The fourth-order valence-electron chi connectivity index (χ4n) is 0.819. The number of hydrogen-bond acceptors (Lipinski definition) is 2. The average Bonchev–Trinajstić information content (AvgIpc) is 2.06. The summed E-state index contributed by atoms with van der Waals surface area (Å²) in [5.74, 6) is -0.318. The molecule has 0 atom stereocenters. The van der Waals surface area contributed by atoms with Crippen molar-refractivity contribution in [2.75, 3.05) is 0 Å². The Labute approximate surface area is 83.1 Å². The van der Waals surface area contributed by atoms with Gasteiger partial charge in [-0.05, 0) is 0 Å². The number of aromatic nitrogens is 1. The molecule has 1 aromatic heterocycles. The van der Waals surface area contributed by atoms with Crippen molar-refractivity contribution >= 4 is 5.97 Å². The van der Waals surface area contributed by atoms with E-state index >= 15 is 0 Å². The van der Waals surface area contributed by atoms with E-state index in [0.717, 1.165) is 6.26 Å². The lowest BCUT2D eigenvalue weighted by Gasteiger charge is -1.93. The molecular weight excluding hydrogens is 190 g/mol. The summed E-state index contributed by atoms with van der Waals surface area (Å²) in [4.78, 5) is 10.9. The molecule has 0 unspecified atom stereocenters. The van der Waals surface area contributed by atoms with Gasteiger partial charge in [-0.1, -0.05) is 12.6 Å². The van der Waals surface area contributed by atoms with Gasteiger partial charge in [0, 0.05) is 12.1 Å². The third-order valence-electron chi connectivity index (χ3n) is 1.30. The smallest absolute Gasteiger partial charge is 0.377 e. The van der Waals surface area contributed by atoms with E-state index in [9.17, 15) is 4.79 Å². The standard InChI is InChI=1S/C9H10NO2.ClH/c1-2-12-9(11)8-10-6-4-3-5-7-10;/h2-7H,1,8H2;1H/q+1;/p-1. The normalized spacial score (nSPS) is 8.31. The molecule has 0 amide bonds. The minimum absolute atomic E-state index is 0. The third-order valence-corrected chi connectivity index (χ3v) is 1.30. The SMILES string of the molecule is C=COC(=O)C[n+]1ccccc1.[Cl-]. The Morgan fingerprint density at radius 1 is 1.38 bits per heavy atom. The minimum atomic E-state index is -0.318. The van der Waals surface area contributed by atoms with E-state index in [-0.39, 0.29) is 24.9 Å². The minimum Gasteiger partial charge on any atom is -1.00 e. The first kappa shape index (κ1) is 11.6. The van der Waals surface area contributed by atoms with Crippen molar-refractivity contribution in [2.24, 2.45) is 0 Å². The van der Waals surface area contributed by atoms with Gasteiger partial charge in [-0.25, -0.2) is 4.79 Å². The zero-order chi connectivity index (χ0) is 8.81. The fourth-order valence-corrected chi connectivity index (χ4v) is 0.819. The van der Waals surface area contributed by atoms with E-state index in [4.69, 9.17) is 0 Å². The molecule has 0 aromatic carbocycles. The van der Waals surface area contributed by atoms with Gasteiger partial charge in [-0.15, -0.1) is 0 Å². The van der Waals surface area contributed by atoms with Crippen LogP contribution in [-0.4, -0.2) is 5.97 Å². The van der Waals surface area contributed by atoms with Crippen LogP contribution in [0.2, 0.25) is 0 Å². The van der Waals surface area contributed by atoms with Gasteiger partial charge in [0.2, 0.25) is 6.54 Å². The number of halogens is 1. The Kier molecular flexibility index (Phi) is 5.55. The lowest BCUT2D eigenvalue weighted by atomic mass is 10.5. The molecule has 0 aliphatic rings. The van der Waals surface area contributed by atoms with Gasteiger partial charge >= 0.3 is 5.97 Å². The van der Waals surface area contributed by atoms with E-state index in [0.29, 0.717) is 0 Å². The summed E-state index contributed by atoms with van der Waals surface area (Å²) in [5.41, 5.74) is 0. The van der Waals surface area contributed by atoms with Crippen LogP contribution in [0.4, 0.5) is 0 Å². The average molecular weight is 200 g/mol. The Balaban J connectivity index is 0.00000144. The first-order valence-electron chi connectivity index (χ1n) is 3.57. The highest BCUT2D eigenvalue weighted by molar-refractivity contribution is 5.68. The Hall–Kier alpha value is -1.35. The van der Waals surface area contributed by atoms with Crippen molar-refractivity contribution in [1.29, 1.82) is 0 Å². The molecule has 1 heterocycles. The Bertz CT molecular complexity index is 274. The zero-order valence-corrected chi connectivity index (χ0v) is 7.78. The highest BCUT2D eigenvalue weighted by Crippen LogP contribution is 1.80. The van der Waals surface area contributed by atoms with Crippen molar-refractivity contribution in [2.45, 2.75) is 6.54 Å². The summed E-state index contributed by atoms with van der Waals surface area (Å²) in [5, 5.41) is 0. The van der Waals surface area contributed by atoms with E-state index in [1.54, 1.807) is 17.0 Å². The summed E-state index contributed by atoms with van der Waals surface area (Å²) in [6, 6.07) is 5.58. The molecule has 0 aliphatic heterocycles. The number of pyridine rings is 1. The second kappa shape index (κ2) is 6.20. The van der Waals surface area contributed by atoms with Crippen molar-refractivity contribution in [3.8, 4) is 0 Å². The molecule has 0 radical (unpaired) electrons. The molecule has 0 bridgehead atoms. The summed E-state index contributed by atoms with van der Waals surface area (Å²) in [7, 11) is 0. The number of ether oxygens (including phenoxy) is 1. The van der Waals surface area contributed by atoms with Gasteiger partial charge in [-0.3, -0.25) is 0 Å². The zero-order valence-electron chi connectivity index (χ0n) is 7.02. The van der Waals surface area contributed by atoms with E-state index in [1.165, 1.54) is 0 Å². The van der Waals surface area contributed by atoms with Crippen molar-refractivity contribution in [1.82, 2.24) is 0 Å². The van der Waals surface area contributed by atoms with Gasteiger partial charge in [-0.2, -0.15) is 4.57 Å². The Morgan fingerprint density at radius 2 is 2.00 bits per heavy atom. The van der Waals surface area contributed by atoms with Crippen LogP contribution in [0.1, 0.15) is 0 Å². The first-order chi connectivity index (χ1) is 5.83. The fraction of sp³-hybridized carbons (Fsp3) is 0.111. The second-order valence-corrected chi connectivity index (χ2v) is 2.20. The molecule has 0 aliphatic carbocycles. The van der Waals surface area contributed by atoms with Crippen molar-refractivity contribution in [3.63, 3.8) is 0 Å². The third kappa shape index (κ3) is 4.28. The highest BCUT2D eigenvalue weighted by Gasteiger charge is 2.07. The molecular formula is C9H10ClNO2. The summed E-state index contributed by atoms with van der Waals surface area (Å²) >= 11 is 0. The molecule has 4 heteroatoms. The van der Waals surface area contributed by atoms with Crippen LogP contribution in [0, 0.1) is 0 Å². The van der Waals surface area contributed by atoms with Gasteiger partial charge in [0.05, 0.1) is 6.26 Å². The maximum Gasteiger partial charge on any atom is 0.377 e. The maximum atomic E-state index is 10.9. The molecule has 3 nitrogen and oxygen atoms in total. The number of nitrogens with zero attached hydrogens (tertiary/aromatic N) is 1. The number of esters is 1. The van der Waals surface area contributed by atoms with Crippen LogP contribution in [0.15, 0.2) is 43.4 Å². The molecule has 0 spiro atoms. The van der Waals surface area contributed by atoms with Crippen molar-refractivity contribution in [3.05, 3.63) is 43.4 Å². The summed E-state index contributed by atoms with van der Waals surface area (Å²) in [6.45, 7) is 3.51. The molecule has 1 rings (SSSR count). The molecule has 70 valence electrons. The molecule has 0 fully saturated rings. The first-order valence-corrected chi connectivity index (χ1v) is 3.57. The maximum absolute atomic E-state index is 10.9. The monoisotopic (exact) mass is 199 g/mol. The summed E-state index contributed by atoms with van der Waals surface area (Å²) < 4.78 is 6.28. The molecule has 0 saturated carbocycles. The van der Waals surface area contributed by atoms with Crippen LogP contribution in [0.5, 0.6) is 0 Å². The lowest BCUT2D eigenvalue weighted by molar-refractivity contribution is -0.685.